The number of carbonyl (C=O) groups is 2. The molecule has 0 unspecified atom stereocenters. The summed E-state index contributed by atoms with van der Waals surface area (Å²) in [5.41, 5.74) is 1.95. The molecule has 1 atom stereocenters. The van der Waals surface area contributed by atoms with Crippen LogP contribution in [0.3, 0.4) is 0 Å². The van der Waals surface area contributed by atoms with Gasteiger partial charge in [-0.2, -0.15) is 10.1 Å². The smallest absolute Gasteiger partial charge is 0.232 e. The Hall–Kier alpha value is -2.70. The van der Waals surface area contributed by atoms with Gasteiger partial charge < -0.3 is 5.32 Å². The summed E-state index contributed by atoms with van der Waals surface area (Å²) >= 11 is 0. The predicted octanol–water partition coefficient (Wildman–Crippen LogP) is 1.75. The number of aromatic nitrogens is 3. The number of amides is 2. The van der Waals surface area contributed by atoms with Crippen LogP contribution in [0.25, 0.3) is 0 Å². The van der Waals surface area contributed by atoms with Gasteiger partial charge in [0.15, 0.2) is 0 Å². The summed E-state index contributed by atoms with van der Waals surface area (Å²) in [5, 5.41) is 9.72. The van der Waals surface area contributed by atoms with Crippen molar-refractivity contribution in [3.8, 4) is 0 Å². The van der Waals surface area contributed by atoms with Crippen LogP contribution < -0.4 is 10.6 Å². The number of nitrogens with zero attached hydrogens (tertiary/aromatic N) is 3. The maximum absolute atomic E-state index is 12.2. The van der Waals surface area contributed by atoms with Gasteiger partial charge in [-0.1, -0.05) is 19.1 Å². The molecule has 2 amide bonds. The van der Waals surface area contributed by atoms with Gasteiger partial charge in [-0.05, 0) is 31.0 Å². The summed E-state index contributed by atoms with van der Waals surface area (Å²) in [7, 11) is 0. The molecule has 2 N–H and O–H groups in total. The predicted molar refractivity (Wildman–Crippen MR) is 85.9 cm³/mol. The number of hydrogen-bond acceptors (Lipinski definition) is 4. The van der Waals surface area contributed by atoms with Crippen LogP contribution in [0.15, 0.2) is 24.3 Å². The fourth-order valence-electron chi connectivity index (χ4n) is 2.60. The van der Waals surface area contributed by atoms with E-state index in [2.05, 4.69) is 27.6 Å². The molecule has 1 aliphatic rings. The first-order valence-electron chi connectivity index (χ1n) is 7.66. The first-order chi connectivity index (χ1) is 11.0. The van der Waals surface area contributed by atoms with Gasteiger partial charge in [0.25, 0.3) is 0 Å². The molecule has 0 saturated heterocycles. The van der Waals surface area contributed by atoms with E-state index in [4.69, 9.17) is 0 Å². The van der Waals surface area contributed by atoms with Gasteiger partial charge in [-0.15, -0.1) is 0 Å². The summed E-state index contributed by atoms with van der Waals surface area (Å²) in [6.45, 7) is 4.21. The van der Waals surface area contributed by atoms with Crippen molar-refractivity contribution in [1.29, 1.82) is 0 Å². The summed E-state index contributed by atoms with van der Waals surface area (Å²) in [5.74, 6) is 0.218. The van der Waals surface area contributed by atoms with Crippen LogP contribution in [0.4, 0.5) is 11.6 Å². The van der Waals surface area contributed by atoms with Crippen molar-refractivity contribution in [2.45, 2.75) is 33.2 Å². The van der Waals surface area contributed by atoms with Gasteiger partial charge in [0, 0.05) is 12.1 Å². The van der Waals surface area contributed by atoms with Gasteiger partial charge in [0.2, 0.25) is 17.8 Å². The van der Waals surface area contributed by atoms with Crippen molar-refractivity contribution in [3.63, 3.8) is 0 Å². The highest BCUT2D eigenvalue weighted by Gasteiger charge is 2.29. The Bertz CT molecular complexity index is 735. The maximum atomic E-state index is 12.2. The van der Waals surface area contributed by atoms with Crippen molar-refractivity contribution in [3.05, 3.63) is 35.7 Å². The van der Waals surface area contributed by atoms with Crippen molar-refractivity contribution in [1.82, 2.24) is 14.8 Å². The number of fused-ring (bicyclic) bond motifs is 1. The van der Waals surface area contributed by atoms with E-state index in [9.17, 15) is 9.59 Å². The van der Waals surface area contributed by atoms with Gasteiger partial charge >= 0.3 is 0 Å². The van der Waals surface area contributed by atoms with Crippen molar-refractivity contribution < 1.29 is 9.59 Å². The molecule has 2 aromatic rings. The zero-order chi connectivity index (χ0) is 16.4. The molecule has 0 radical (unpaired) electrons. The molecule has 0 aliphatic carbocycles. The molecule has 7 heteroatoms. The molecule has 120 valence electrons. The van der Waals surface area contributed by atoms with Gasteiger partial charge in [-0.3, -0.25) is 14.9 Å². The number of rotatable bonds is 4. The van der Waals surface area contributed by atoms with E-state index in [1.165, 1.54) is 5.56 Å². The highest BCUT2D eigenvalue weighted by molar-refractivity contribution is 5.98. The lowest BCUT2D eigenvalue weighted by Crippen LogP contribution is -2.36. The lowest BCUT2D eigenvalue weighted by Gasteiger charge is -2.21. The number of hydrogen-bond donors (Lipinski definition) is 2. The van der Waals surface area contributed by atoms with Gasteiger partial charge in [0.05, 0.1) is 12.5 Å². The summed E-state index contributed by atoms with van der Waals surface area (Å²) < 4.78 is 1.63. The molecular weight excluding hydrogens is 294 g/mol. The average Bonchev–Trinajstić information content (AvgIpc) is 2.87. The van der Waals surface area contributed by atoms with Crippen LogP contribution in [-0.4, -0.2) is 26.6 Å². The Kier molecular flexibility index (Phi) is 4.10. The molecule has 3 rings (SSSR count). The Morgan fingerprint density at radius 2 is 2.13 bits per heavy atom. The van der Waals surface area contributed by atoms with Crippen LogP contribution in [0.1, 0.15) is 24.7 Å². The van der Waals surface area contributed by atoms with Crippen molar-refractivity contribution in [2.24, 2.45) is 5.92 Å². The molecule has 0 saturated carbocycles. The fraction of sp³-hybridized carbons (Fsp3) is 0.375. The molecule has 0 bridgehead atoms. The molecule has 1 aromatic carbocycles. The first kappa shape index (κ1) is 15.2. The molecule has 23 heavy (non-hydrogen) atoms. The van der Waals surface area contributed by atoms with E-state index in [0.717, 1.165) is 12.1 Å². The molecule has 1 aromatic heterocycles. The first-order valence-corrected chi connectivity index (χ1v) is 7.66. The highest BCUT2D eigenvalue weighted by Crippen LogP contribution is 2.20. The van der Waals surface area contributed by atoms with Gasteiger partial charge in [-0.25, -0.2) is 4.68 Å². The van der Waals surface area contributed by atoms with Crippen molar-refractivity contribution >= 4 is 23.5 Å². The van der Waals surface area contributed by atoms with Crippen molar-refractivity contribution in [2.75, 3.05) is 10.6 Å². The van der Waals surface area contributed by atoms with E-state index < -0.39 is 5.92 Å². The second kappa shape index (κ2) is 6.20. The molecular formula is C16H19N5O2. The van der Waals surface area contributed by atoms with Gasteiger partial charge in [0.1, 0.15) is 5.82 Å². The van der Waals surface area contributed by atoms with Crippen LogP contribution in [0.2, 0.25) is 0 Å². The van der Waals surface area contributed by atoms with E-state index in [1.807, 2.05) is 24.3 Å². The van der Waals surface area contributed by atoms with Crippen LogP contribution in [-0.2, 0) is 22.6 Å². The minimum absolute atomic E-state index is 0.111. The van der Waals surface area contributed by atoms with Crippen LogP contribution >= 0.6 is 0 Å². The normalized spacial score (nSPS) is 16.6. The SMILES string of the molecule is CCc1ccc(NC(=O)C[C@H]2Cn3nc(C)nc3NC2=O)cc1. The third-order valence-electron chi connectivity index (χ3n) is 3.85. The number of nitrogens with one attached hydrogen (secondary N) is 2. The Morgan fingerprint density at radius 1 is 1.39 bits per heavy atom. The minimum atomic E-state index is -0.446. The second-order valence-corrected chi connectivity index (χ2v) is 5.65. The minimum Gasteiger partial charge on any atom is -0.326 e. The van der Waals surface area contributed by atoms with Crippen LogP contribution in [0, 0.1) is 12.8 Å². The number of anilines is 2. The summed E-state index contributed by atoms with van der Waals surface area (Å²) in [4.78, 5) is 28.3. The maximum Gasteiger partial charge on any atom is 0.232 e. The Balaban J connectivity index is 1.62. The van der Waals surface area contributed by atoms with E-state index >= 15 is 0 Å². The third-order valence-corrected chi connectivity index (χ3v) is 3.85. The van der Waals surface area contributed by atoms with E-state index in [1.54, 1.807) is 11.6 Å². The van der Waals surface area contributed by atoms with E-state index in [-0.39, 0.29) is 18.2 Å². The number of aryl methyl sites for hydroxylation is 2. The highest BCUT2D eigenvalue weighted by atomic mass is 16.2. The summed E-state index contributed by atoms with van der Waals surface area (Å²) in [6, 6.07) is 7.70. The number of benzene rings is 1. The number of carbonyl (C=O) groups excluding carboxylic acids is 2. The van der Waals surface area contributed by atoms with E-state index in [0.29, 0.717) is 18.3 Å². The zero-order valence-electron chi connectivity index (χ0n) is 13.2. The Labute approximate surface area is 134 Å². The lowest BCUT2D eigenvalue weighted by molar-refractivity contribution is -0.125. The topological polar surface area (TPSA) is 88.9 Å². The lowest BCUT2D eigenvalue weighted by atomic mass is 10.0. The standard InChI is InChI=1S/C16H19N5O2/c1-3-11-4-6-13(7-5-11)18-14(22)8-12-9-21-16(19-15(12)23)17-10(2)20-21/h4-7,12H,3,8-9H2,1-2H3,(H,18,22)(H,17,19,20,23)/t12-/m0/s1. The monoisotopic (exact) mass is 313 g/mol. The summed E-state index contributed by atoms with van der Waals surface area (Å²) in [6.07, 6.45) is 1.07. The fourth-order valence-corrected chi connectivity index (χ4v) is 2.60. The quantitative estimate of drug-likeness (QED) is 0.900. The molecule has 0 fully saturated rings. The molecule has 7 nitrogen and oxygen atoms in total. The third kappa shape index (κ3) is 3.39. The molecule has 0 spiro atoms. The molecule has 2 heterocycles. The van der Waals surface area contributed by atoms with Crippen LogP contribution in [0.5, 0.6) is 0 Å². The second-order valence-electron chi connectivity index (χ2n) is 5.65. The largest absolute Gasteiger partial charge is 0.326 e. The average molecular weight is 313 g/mol. The Morgan fingerprint density at radius 3 is 2.83 bits per heavy atom. The molecule has 1 aliphatic heterocycles. The zero-order valence-corrected chi connectivity index (χ0v) is 13.2.